The highest BCUT2D eigenvalue weighted by Crippen LogP contribution is 2.27. The Balaban J connectivity index is 1.61. The van der Waals surface area contributed by atoms with E-state index in [0.29, 0.717) is 23.7 Å². The molecule has 166 valence electrons. The first kappa shape index (κ1) is 23.1. The molecule has 0 spiro atoms. The number of ether oxygens (including phenoxy) is 1. The SMILES string of the molecule is CCN(C(=O)c1ccc(NC(=O)COc2cc(C)ccc2C(C)C)cc1)c1ccccc1. The Labute approximate surface area is 190 Å². The van der Waals surface area contributed by atoms with Crippen LogP contribution in [0.2, 0.25) is 0 Å². The monoisotopic (exact) mass is 430 g/mol. The summed E-state index contributed by atoms with van der Waals surface area (Å²) in [6.45, 7) is 8.61. The first-order valence-electron chi connectivity index (χ1n) is 10.9. The summed E-state index contributed by atoms with van der Waals surface area (Å²) in [7, 11) is 0. The van der Waals surface area contributed by atoms with Gasteiger partial charge in [0.1, 0.15) is 5.75 Å². The molecule has 0 saturated heterocycles. The van der Waals surface area contributed by atoms with E-state index in [1.165, 1.54) is 0 Å². The molecule has 0 aliphatic heterocycles. The first-order chi connectivity index (χ1) is 15.4. The molecule has 0 fully saturated rings. The van der Waals surface area contributed by atoms with Gasteiger partial charge < -0.3 is 15.0 Å². The molecule has 0 aliphatic carbocycles. The average Bonchev–Trinajstić information content (AvgIpc) is 2.79. The molecule has 0 aliphatic rings. The van der Waals surface area contributed by atoms with E-state index < -0.39 is 0 Å². The Hall–Kier alpha value is -3.60. The number of aryl methyl sites for hydroxylation is 1. The van der Waals surface area contributed by atoms with Gasteiger partial charge in [0, 0.05) is 23.5 Å². The number of rotatable bonds is 8. The molecule has 5 nitrogen and oxygen atoms in total. The van der Waals surface area contributed by atoms with Gasteiger partial charge >= 0.3 is 0 Å². The van der Waals surface area contributed by atoms with Crippen LogP contribution in [0.4, 0.5) is 11.4 Å². The predicted octanol–water partition coefficient (Wildman–Crippen LogP) is 5.80. The summed E-state index contributed by atoms with van der Waals surface area (Å²) < 4.78 is 5.80. The summed E-state index contributed by atoms with van der Waals surface area (Å²) in [6.07, 6.45) is 0. The van der Waals surface area contributed by atoms with Crippen LogP contribution in [0.1, 0.15) is 48.2 Å². The average molecular weight is 431 g/mol. The predicted molar refractivity (Wildman–Crippen MR) is 130 cm³/mol. The van der Waals surface area contributed by atoms with Crippen LogP contribution in [0, 0.1) is 6.92 Å². The van der Waals surface area contributed by atoms with Gasteiger partial charge in [-0.3, -0.25) is 9.59 Å². The first-order valence-corrected chi connectivity index (χ1v) is 10.9. The number of para-hydroxylation sites is 1. The Morgan fingerprint density at radius 1 is 0.969 bits per heavy atom. The van der Waals surface area contributed by atoms with Crippen molar-refractivity contribution in [3.63, 3.8) is 0 Å². The lowest BCUT2D eigenvalue weighted by molar-refractivity contribution is -0.118. The van der Waals surface area contributed by atoms with Gasteiger partial charge in [0.2, 0.25) is 0 Å². The largest absolute Gasteiger partial charge is 0.483 e. The number of hydrogen-bond donors (Lipinski definition) is 1. The number of nitrogens with one attached hydrogen (secondary N) is 1. The topological polar surface area (TPSA) is 58.6 Å². The number of nitrogens with zero attached hydrogens (tertiary/aromatic N) is 1. The van der Waals surface area contributed by atoms with E-state index in [0.717, 1.165) is 22.6 Å². The van der Waals surface area contributed by atoms with Crippen molar-refractivity contribution < 1.29 is 14.3 Å². The Kier molecular flexibility index (Phi) is 7.66. The van der Waals surface area contributed by atoms with Crippen LogP contribution in [-0.2, 0) is 4.79 Å². The fraction of sp³-hybridized carbons (Fsp3) is 0.259. The van der Waals surface area contributed by atoms with Gasteiger partial charge in [-0.2, -0.15) is 0 Å². The van der Waals surface area contributed by atoms with Crippen molar-refractivity contribution in [2.45, 2.75) is 33.6 Å². The molecule has 3 aromatic rings. The maximum absolute atomic E-state index is 12.9. The zero-order valence-electron chi connectivity index (χ0n) is 19.1. The molecule has 5 heteroatoms. The molecule has 0 aromatic heterocycles. The van der Waals surface area contributed by atoms with E-state index in [2.05, 4.69) is 19.2 Å². The fourth-order valence-corrected chi connectivity index (χ4v) is 3.49. The maximum Gasteiger partial charge on any atom is 0.262 e. The second-order valence-corrected chi connectivity index (χ2v) is 8.00. The molecule has 0 atom stereocenters. The van der Waals surface area contributed by atoms with Crippen molar-refractivity contribution >= 4 is 23.2 Å². The minimum Gasteiger partial charge on any atom is -0.483 e. The fourth-order valence-electron chi connectivity index (χ4n) is 3.49. The number of carbonyl (C=O) groups excluding carboxylic acids is 2. The van der Waals surface area contributed by atoms with Crippen LogP contribution in [0.25, 0.3) is 0 Å². The summed E-state index contributed by atoms with van der Waals surface area (Å²) in [4.78, 5) is 27.0. The van der Waals surface area contributed by atoms with Crippen LogP contribution in [0.5, 0.6) is 5.75 Å². The van der Waals surface area contributed by atoms with Crippen molar-refractivity contribution in [3.8, 4) is 5.75 Å². The molecular weight excluding hydrogens is 400 g/mol. The van der Waals surface area contributed by atoms with Gasteiger partial charge in [-0.05, 0) is 73.4 Å². The van der Waals surface area contributed by atoms with Crippen molar-refractivity contribution in [1.29, 1.82) is 0 Å². The minimum atomic E-state index is -0.250. The van der Waals surface area contributed by atoms with E-state index >= 15 is 0 Å². The number of carbonyl (C=O) groups is 2. The standard InChI is InChI=1S/C27H30N2O3/c1-5-29(23-9-7-6-8-10-23)27(31)21-12-14-22(15-13-21)28-26(30)18-32-25-17-20(4)11-16-24(25)19(2)3/h6-17,19H,5,18H2,1-4H3,(H,28,30). The zero-order valence-corrected chi connectivity index (χ0v) is 19.1. The Morgan fingerprint density at radius 2 is 1.66 bits per heavy atom. The van der Waals surface area contributed by atoms with Gasteiger partial charge in [0.25, 0.3) is 11.8 Å². The quantitative estimate of drug-likeness (QED) is 0.491. The number of benzene rings is 3. The summed E-state index contributed by atoms with van der Waals surface area (Å²) in [6, 6.07) is 22.5. The molecular formula is C27H30N2O3. The molecule has 0 unspecified atom stereocenters. The highest BCUT2D eigenvalue weighted by atomic mass is 16.5. The van der Waals surface area contributed by atoms with Crippen LogP contribution in [0.3, 0.4) is 0 Å². The van der Waals surface area contributed by atoms with Gasteiger partial charge in [-0.25, -0.2) is 0 Å². The lowest BCUT2D eigenvalue weighted by Gasteiger charge is -2.21. The molecule has 1 N–H and O–H groups in total. The minimum absolute atomic E-state index is 0.0819. The molecule has 3 aromatic carbocycles. The summed E-state index contributed by atoms with van der Waals surface area (Å²) in [5.74, 6) is 0.703. The molecule has 2 amide bonds. The summed E-state index contributed by atoms with van der Waals surface area (Å²) >= 11 is 0. The van der Waals surface area contributed by atoms with E-state index in [4.69, 9.17) is 4.74 Å². The van der Waals surface area contributed by atoms with Crippen LogP contribution >= 0.6 is 0 Å². The summed E-state index contributed by atoms with van der Waals surface area (Å²) in [5, 5.41) is 2.83. The molecule has 0 radical (unpaired) electrons. The van der Waals surface area contributed by atoms with Crippen LogP contribution in [-0.4, -0.2) is 25.0 Å². The van der Waals surface area contributed by atoms with Crippen molar-refractivity contribution in [2.75, 3.05) is 23.4 Å². The number of hydrogen-bond acceptors (Lipinski definition) is 3. The smallest absolute Gasteiger partial charge is 0.262 e. The highest BCUT2D eigenvalue weighted by Gasteiger charge is 2.16. The highest BCUT2D eigenvalue weighted by molar-refractivity contribution is 6.06. The van der Waals surface area contributed by atoms with E-state index in [1.54, 1.807) is 29.2 Å². The molecule has 32 heavy (non-hydrogen) atoms. The van der Waals surface area contributed by atoms with E-state index in [-0.39, 0.29) is 18.4 Å². The second kappa shape index (κ2) is 10.6. The maximum atomic E-state index is 12.9. The molecule has 3 rings (SSSR count). The van der Waals surface area contributed by atoms with Crippen molar-refractivity contribution in [3.05, 3.63) is 89.5 Å². The third kappa shape index (κ3) is 5.76. The molecule has 0 saturated carbocycles. The molecule has 0 heterocycles. The summed E-state index contributed by atoms with van der Waals surface area (Å²) in [5.41, 5.74) is 4.19. The third-order valence-electron chi connectivity index (χ3n) is 5.19. The number of amides is 2. The lowest BCUT2D eigenvalue weighted by atomic mass is 10.0. The van der Waals surface area contributed by atoms with E-state index in [9.17, 15) is 9.59 Å². The Bertz CT molecular complexity index is 1060. The zero-order chi connectivity index (χ0) is 23.1. The second-order valence-electron chi connectivity index (χ2n) is 8.00. The van der Waals surface area contributed by atoms with E-state index in [1.807, 2.05) is 62.4 Å². The van der Waals surface area contributed by atoms with Gasteiger partial charge in [-0.15, -0.1) is 0 Å². The van der Waals surface area contributed by atoms with Gasteiger partial charge in [0.15, 0.2) is 6.61 Å². The number of anilines is 2. The van der Waals surface area contributed by atoms with Crippen LogP contribution < -0.4 is 15.0 Å². The normalized spacial score (nSPS) is 10.7. The van der Waals surface area contributed by atoms with Crippen molar-refractivity contribution in [2.24, 2.45) is 0 Å². The lowest BCUT2D eigenvalue weighted by Crippen LogP contribution is -2.30. The van der Waals surface area contributed by atoms with Gasteiger partial charge in [0.05, 0.1) is 0 Å². The third-order valence-corrected chi connectivity index (χ3v) is 5.19. The Morgan fingerprint density at radius 3 is 2.28 bits per heavy atom. The van der Waals surface area contributed by atoms with Crippen molar-refractivity contribution in [1.82, 2.24) is 0 Å². The van der Waals surface area contributed by atoms with Crippen LogP contribution in [0.15, 0.2) is 72.8 Å². The van der Waals surface area contributed by atoms with Gasteiger partial charge in [-0.1, -0.05) is 44.2 Å². The molecule has 0 bridgehead atoms.